The van der Waals surface area contributed by atoms with Crippen molar-refractivity contribution in [3.8, 4) is 5.75 Å². The lowest BCUT2D eigenvalue weighted by atomic mass is 9.98. The summed E-state index contributed by atoms with van der Waals surface area (Å²) >= 11 is 0. The lowest BCUT2D eigenvalue weighted by molar-refractivity contribution is 0.0531. The molecule has 98 valence electrons. The Morgan fingerprint density at radius 1 is 1.42 bits per heavy atom. The van der Waals surface area contributed by atoms with Crippen LogP contribution in [0.15, 0.2) is 18.2 Å². The van der Waals surface area contributed by atoms with Gasteiger partial charge in [0.2, 0.25) is 0 Å². The van der Waals surface area contributed by atoms with E-state index < -0.39 is 0 Å². The third-order valence-corrected chi connectivity index (χ3v) is 3.45. The lowest BCUT2D eigenvalue weighted by Crippen LogP contribution is -2.02. The van der Waals surface area contributed by atoms with Crippen LogP contribution < -0.4 is 4.74 Å². The van der Waals surface area contributed by atoms with Crippen molar-refractivity contribution in [3.05, 3.63) is 35.0 Å². The van der Waals surface area contributed by atoms with Gasteiger partial charge in [0.05, 0.1) is 12.6 Å². The molecule has 1 aliphatic heterocycles. The second-order valence-corrected chi connectivity index (χ2v) is 4.63. The maximum absolute atomic E-state index is 11.7. The Kier molecular flexibility index (Phi) is 2.85. The molecule has 0 aliphatic carbocycles. The lowest BCUT2D eigenvalue weighted by Gasteiger charge is -2.10. The van der Waals surface area contributed by atoms with Gasteiger partial charge in [-0.2, -0.15) is 0 Å². The van der Waals surface area contributed by atoms with Crippen LogP contribution in [0.5, 0.6) is 5.75 Å². The first kappa shape index (κ1) is 12.0. The van der Waals surface area contributed by atoms with Crippen LogP contribution in [-0.4, -0.2) is 18.1 Å². The molecule has 19 heavy (non-hydrogen) atoms. The molecule has 0 spiro atoms. The second kappa shape index (κ2) is 4.53. The number of rotatable bonds is 3. The molecule has 0 unspecified atom stereocenters. The third-order valence-electron chi connectivity index (χ3n) is 3.45. The van der Waals surface area contributed by atoms with Crippen LogP contribution in [0.3, 0.4) is 0 Å². The van der Waals surface area contributed by atoms with E-state index in [4.69, 9.17) is 9.47 Å². The number of ether oxygens (including phenoxy) is 2. The van der Waals surface area contributed by atoms with E-state index in [0.717, 1.165) is 40.6 Å². The smallest absolute Gasteiger partial charge is 0.357 e. The monoisotopic (exact) mass is 257 g/mol. The fourth-order valence-electron chi connectivity index (χ4n) is 2.54. The maximum Gasteiger partial charge on any atom is 0.357 e. The normalized spacial score (nSPS) is 13.5. The Hall–Kier alpha value is -2.10. The fourth-order valence-corrected chi connectivity index (χ4v) is 2.54. The Labute approximate surface area is 111 Å². The molecular formula is C15H15NO3. The minimum atomic E-state index is -0.315. The zero-order valence-electron chi connectivity index (χ0n) is 11.0. The Bertz CT molecular complexity index is 664. The number of hydrogen-bond donors (Lipinski definition) is 0. The number of fused-ring (bicyclic) bond motifs is 2. The quantitative estimate of drug-likeness (QED) is 0.793. The minimum Gasteiger partial charge on any atom is -0.497 e. The Balaban J connectivity index is 2.32. The number of esters is 1. The molecule has 0 fully saturated rings. The van der Waals surface area contributed by atoms with Gasteiger partial charge in [0.25, 0.3) is 0 Å². The highest BCUT2D eigenvalue weighted by molar-refractivity contribution is 5.97. The SMILES string of the molecule is CCCc1c2c(nc3ccc(OC)cc13)C(=O)OC2. The number of carbonyl (C=O) groups excluding carboxylic acids is 1. The third kappa shape index (κ3) is 1.84. The van der Waals surface area contributed by atoms with Crippen LogP contribution in [0.4, 0.5) is 0 Å². The van der Waals surface area contributed by atoms with Gasteiger partial charge in [-0.25, -0.2) is 9.78 Å². The summed E-state index contributed by atoms with van der Waals surface area (Å²) in [5.74, 6) is 0.488. The summed E-state index contributed by atoms with van der Waals surface area (Å²) in [6.45, 7) is 2.46. The first-order chi connectivity index (χ1) is 9.24. The van der Waals surface area contributed by atoms with Gasteiger partial charge in [-0.05, 0) is 30.2 Å². The van der Waals surface area contributed by atoms with E-state index >= 15 is 0 Å². The number of pyridine rings is 1. The number of methoxy groups -OCH3 is 1. The summed E-state index contributed by atoms with van der Waals surface area (Å²) < 4.78 is 10.4. The molecule has 0 bridgehead atoms. The molecule has 0 saturated heterocycles. The number of benzene rings is 1. The van der Waals surface area contributed by atoms with Crippen LogP contribution in [0.1, 0.15) is 35.0 Å². The molecular weight excluding hydrogens is 242 g/mol. The number of hydrogen-bond acceptors (Lipinski definition) is 4. The molecule has 0 N–H and O–H groups in total. The number of cyclic esters (lactones) is 1. The number of carbonyl (C=O) groups is 1. The number of aromatic nitrogens is 1. The first-order valence-corrected chi connectivity index (χ1v) is 6.41. The predicted molar refractivity (Wildman–Crippen MR) is 71.4 cm³/mol. The molecule has 1 aromatic carbocycles. The highest BCUT2D eigenvalue weighted by Crippen LogP contribution is 2.31. The van der Waals surface area contributed by atoms with Gasteiger partial charge in [-0.3, -0.25) is 0 Å². The molecule has 0 saturated carbocycles. The highest BCUT2D eigenvalue weighted by atomic mass is 16.5. The van der Waals surface area contributed by atoms with E-state index in [1.807, 2.05) is 18.2 Å². The molecule has 1 aromatic heterocycles. The Morgan fingerprint density at radius 3 is 3.00 bits per heavy atom. The van der Waals surface area contributed by atoms with Crippen molar-refractivity contribution in [2.75, 3.05) is 7.11 Å². The van der Waals surface area contributed by atoms with E-state index in [1.54, 1.807) is 7.11 Å². The molecule has 0 radical (unpaired) electrons. The van der Waals surface area contributed by atoms with Crippen molar-refractivity contribution < 1.29 is 14.3 Å². The molecule has 2 heterocycles. The van der Waals surface area contributed by atoms with Crippen molar-refractivity contribution in [3.63, 3.8) is 0 Å². The molecule has 0 atom stereocenters. The predicted octanol–water partition coefficient (Wildman–Crippen LogP) is 2.87. The number of nitrogens with zero attached hydrogens (tertiary/aromatic N) is 1. The van der Waals surface area contributed by atoms with E-state index in [2.05, 4.69) is 11.9 Å². The largest absolute Gasteiger partial charge is 0.497 e. The molecule has 4 nitrogen and oxygen atoms in total. The summed E-state index contributed by atoms with van der Waals surface area (Å²) in [7, 11) is 1.65. The molecule has 1 aliphatic rings. The van der Waals surface area contributed by atoms with Gasteiger partial charge in [-0.1, -0.05) is 13.3 Å². The topological polar surface area (TPSA) is 48.4 Å². The minimum absolute atomic E-state index is 0.315. The van der Waals surface area contributed by atoms with E-state index in [1.165, 1.54) is 0 Å². The van der Waals surface area contributed by atoms with E-state index in [9.17, 15) is 4.79 Å². The van der Waals surface area contributed by atoms with Gasteiger partial charge in [-0.15, -0.1) is 0 Å². The van der Waals surface area contributed by atoms with Crippen LogP contribution in [0, 0.1) is 0 Å². The van der Waals surface area contributed by atoms with Crippen molar-refractivity contribution in [2.24, 2.45) is 0 Å². The van der Waals surface area contributed by atoms with Gasteiger partial charge in [0.1, 0.15) is 12.4 Å². The highest BCUT2D eigenvalue weighted by Gasteiger charge is 2.27. The summed E-state index contributed by atoms with van der Waals surface area (Å²) in [5, 5.41) is 1.05. The zero-order chi connectivity index (χ0) is 13.4. The van der Waals surface area contributed by atoms with Crippen molar-refractivity contribution in [1.82, 2.24) is 4.98 Å². The van der Waals surface area contributed by atoms with Gasteiger partial charge in [0, 0.05) is 10.9 Å². The van der Waals surface area contributed by atoms with E-state index in [-0.39, 0.29) is 5.97 Å². The van der Waals surface area contributed by atoms with Crippen LogP contribution in [0.2, 0.25) is 0 Å². The molecule has 2 aromatic rings. The average Bonchev–Trinajstić information content (AvgIpc) is 2.80. The second-order valence-electron chi connectivity index (χ2n) is 4.63. The van der Waals surface area contributed by atoms with Crippen molar-refractivity contribution in [1.29, 1.82) is 0 Å². The zero-order valence-corrected chi connectivity index (χ0v) is 11.0. The summed E-state index contributed by atoms with van der Waals surface area (Å²) in [4.78, 5) is 16.1. The van der Waals surface area contributed by atoms with Gasteiger partial charge >= 0.3 is 5.97 Å². The first-order valence-electron chi connectivity index (χ1n) is 6.41. The molecule has 4 heteroatoms. The summed E-state index contributed by atoms with van der Waals surface area (Å²) in [6.07, 6.45) is 1.92. The standard InChI is InChI=1S/C15H15NO3/c1-3-4-10-11-7-9(18-2)5-6-13(11)16-14-12(10)8-19-15(14)17/h5-7H,3-4,8H2,1-2H3. The average molecular weight is 257 g/mol. The van der Waals surface area contributed by atoms with E-state index in [0.29, 0.717) is 12.3 Å². The molecule has 3 rings (SSSR count). The summed E-state index contributed by atoms with van der Waals surface area (Å²) in [5.41, 5.74) is 3.39. The maximum atomic E-state index is 11.7. The fraction of sp³-hybridized carbons (Fsp3) is 0.333. The summed E-state index contributed by atoms with van der Waals surface area (Å²) in [6, 6.07) is 5.73. The van der Waals surface area contributed by atoms with Crippen LogP contribution in [-0.2, 0) is 17.8 Å². The van der Waals surface area contributed by atoms with Crippen molar-refractivity contribution >= 4 is 16.9 Å². The molecule has 0 amide bonds. The number of aryl methyl sites for hydroxylation is 1. The van der Waals surface area contributed by atoms with Gasteiger partial charge in [0.15, 0.2) is 5.69 Å². The van der Waals surface area contributed by atoms with Crippen LogP contribution in [0.25, 0.3) is 10.9 Å². The van der Waals surface area contributed by atoms with Gasteiger partial charge < -0.3 is 9.47 Å². The Morgan fingerprint density at radius 2 is 2.26 bits per heavy atom. The van der Waals surface area contributed by atoms with Crippen LogP contribution >= 0.6 is 0 Å². The van der Waals surface area contributed by atoms with Crippen molar-refractivity contribution in [2.45, 2.75) is 26.4 Å².